The number of methoxy groups -OCH3 is 1. The van der Waals surface area contributed by atoms with Crippen molar-refractivity contribution in [1.29, 1.82) is 0 Å². The third kappa shape index (κ3) is 3.45. The van der Waals surface area contributed by atoms with Crippen LogP contribution in [0.1, 0.15) is 24.6 Å². The second-order valence-corrected chi connectivity index (χ2v) is 5.54. The maximum atomic E-state index is 5.28. The average molecular weight is 300 g/mol. The van der Waals surface area contributed by atoms with Gasteiger partial charge in [0.1, 0.15) is 10.8 Å². The lowest BCUT2D eigenvalue weighted by atomic mass is 10.1. The summed E-state index contributed by atoms with van der Waals surface area (Å²) in [6.45, 7) is 8.09. The van der Waals surface area contributed by atoms with Gasteiger partial charge in [0.15, 0.2) is 0 Å². The summed E-state index contributed by atoms with van der Waals surface area (Å²) in [6.07, 6.45) is 2.85. The van der Waals surface area contributed by atoms with Crippen LogP contribution in [0, 0.1) is 6.92 Å². The van der Waals surface area contributed by atoms with Gasteiger partial charge in [0.05, 0.1) is 18.3 Å². The molecule has 0 bridgehead atoms. The fourth-order valence-electron chi connectivity index (χ4n) is 2.05. The molecule has 0 aliphatic heterocycles. The van der Waals surface area contributed by atoms with Gasteiger partial charge in [-0.25, -0.2) is 9.98 Å². The Morgan fingerprint density at radius 2 is 2.14 bits per heavy atom. The molecule has 4 heteroatoms. The summed E-state index contributed by atoms with van der Waals surface area (Å²) < 4.78 is 5.28. The van der Waals surface area contributed by atoms with Crippen molar-refractivity contribution in [2.75, 3.05) is 13.4 Å². The maximum Gasteiger partial charge on any atom is 0.122 e. The second-order valence-electron chi connectivity index (χ2n) is 4.75. The number of thioether (sulfide) groups is 1. The highest BCUT2D eigenvalue weighted by Gasteiger charge is 2.09. The van der Waals surface area contributed by atoms with Crippen LogP contribution in [-0.4, -0.2) is 23.4 Å². The van der Waals surface area contributed by atoms with Gasteiger partial charge in [-0.15, -0.1) is 11.8 Å². The molecule has 0 saturated carbocycles. The number of rotatable bonds is 4. The topological polar surface area (TPSA) is 34.5 Å². The minimum atomic E-state index is 0.812. The number of benzene rings is 1. The van der Waals surface area contributed by atoms with E-state index in [-0.39, 0.29) is 0 Å². The van der Waals surface area contributed by atoms with Gasteiger partial charge >= 0.3 is 0 Å². The Morgan fingerprint density at radius 3 is 2.76 bits per heavy atom. The fraction of sp³-hybridized carbons (Fsp3) is 0.294. The van der Waals surface area contributed by atoms with Gasteiger partial charge in [-0.1, -0.05) is 13.5 Å². The van der Waals surface area contributed by atoms with E-state index < -0.39 is 0 Å². The van der Waals surface area contributed by atoms with Gasteiger partial charge in [0, 0.05) is 17.1 Å². The van der Waals surface area contributed by atoms with E-state index in [2.05, 4.69) is 24.6 Å². The Morgan fingerprint density at radius 1 is 1.38 bits per heavy atom. The third-order valence-corrected chi connectivity index (χ3v) is 3.99. The van der Waals surface area contributed by atoms with E-state index in [1.54, 1.807) is 18.9 Å². The monoisotopic (exact) mass is 300 g/mol. The van der Waals surface area contributed by atoms with Gasteiger partial charge in [-0.2, -0.15) is 0 Å². The number of hydrogen-bond donors (Lipinski definition) is 0. The zero-order valence-electron chi connectivity index (χ0n) is 12.9. The quantitative estimate of drug-likeness (QED) is 0.612. The first kappa shape index (κ1) is 15.6. The molecule has 0 aliphatic carbocycles. The van der Waals surface area contributed by atoms with Crippen molar-refractivity contribution in [3.63, 3.8) is 0 Å². The van der Waals surface area contributed by atoms with E-state index in [0.29, 0.717) is 0 Å². The van der Waals surface area contributed by atoms with Gasteiger partial charge in [-0.3, -0.25) is 0 Å². The van der Waals surface area contributed by atoms with E-state index >= 15 is 0 Å². The molecule has 3 nitrogen and oxygen atoms in total. The van der Waals surface area contributed by atoms with Gasteiger partial charge in [0.2, 0.25) is 0 Å². The molecule has 0 atom stereocenters. The molecule has 1 aromatic heterocycles. The molecule has 21 heavy (non-hydrogen) atoms. The first-order valence-corrected chi connectivity index (χ1v) is 8.07. The number of allylic oxidation sites excluding steroid dienone is 1. The van der Waals surface area contributed by atoms with Crippen LogP contribution in [0.4, 0.5) is 0 Å². The van der Waals surface area contributed by atoms with Crippen LogP contribution in [0.3, 0.4) is 0 Å². The molecule has 0 spiro atoms. The molecule has 0 N–H and O–H groups in total. The van der Waals surface area contributed by atoms with Crippen molar-refractivity contribution >= 4 is 27.7 Å². The number of aromatic nitrogens is 1. The predicted octanol–water partition coefficient (Wildman–Crippen LogP) is 4.59. The number of nitrogens with zero attached hydrogens (tertiary/aromatic N) is 2. The van der Waals surface area contributed by atoms with E-state index in [0.717, 1.165) is 39.5 Å². The molecule has 1 aromatic carbocycles. The summed E-state index contributed by atoms with van der Waals surface area (Å²) in [7, 11) is 1.66. The number of ether oxygens (including phenoxy) is 1. The number of hydrogen-bond acceptors (Lipinski definition) is 4. The standard InChI is InChI=1S/C17H20N2OS/c1-6-12(3)18-17(21-5)16-9-11(2)14-8-7-13(20-4)10-15(14)19-16/h7-10H,3,6H2,1-2,4-5H3. The molecule has 110 valence electrons. The average Bonchev–Trinajstić information content (AvgIpc) is 2.51. The van der Waals surface area contributed by atoms with Crippen molar-refractivity contribution in [3.05, 3.63) is 47.8 Å². The minimum absolute atomic E-state index is 0.812. The first-order valence-electron chi connectivity index (χ1n) is 6.85. The van der Waals surface area contributed by atoms with Crippen molar-refractivity contribution in [2.45, 2.75) is 20.3 Å². The van der Waals surface area contributed by atoms with Crippen LogP contribution in [-0.2, 0) is 0 Å². The Bertz CT molecular complexity index is 707. The van der Waals surface area contributed by atoms with Crippen LogP contribution >= 0.6 is 11.8 Å². The van der Waals surface area contributed by atoms with Crippen molar-refractivity contribution in [2.24, 2.45) is 4.99 Å². The summed E-state index contributed by atoms with van der Waals surface area (Å²) >= 11 is 1.59. The largest absolute Gasteiger partial charge is 0.497 e. The normalized spacial score (nSPS) is 11.7. The SMILES string of the molecule is C=C(CC)N=C(SC)c1cc(C)c2ccc(OC)cc2n1. The molecule has 2 rings (SSSR count). The number of aryl methyl sites for hydroxylation is 1. The molecule has 0 amide bonds. The molecular formula is C17H20N2OS. The molecule has 0 saturated heterocycles. The Labute approximate surface area is 130 Å². The highest BCUT2D eigenvalue weighted by Crippen LogP contribution is 2.24. The molecule has 1 heterocycles. The highest BCUT2D eigenvalue weighted by atomic mass is 32.2. The van der Waals surface area contributed by atoms with Crippen LogP contribution in [0.25, 0.3) is 10.9 Å². The number of aliphatic imine (C=N–C) groups is 1. The lowest BCUT2D eigenvalue weighted by molar-refractivity contribution is 0.415. The third-order valence-electron chi connectivity index (χ3n) is 3.30. The zero-order valence-corrected chi connectivity index (χ0v) is 13.8. The molecule has 0 unspecified atom stereocenters. The van der Waals surface area contributed by atoms with E-state index in [9.17, 15) is 0 Å². The summed E-state index contributed by atoms with van der Waals surface area (Å²) in [5, 5.41) is 2.03. The Kier molecular flexibility index (Phi) is 5.02. The Balaban J connectivity index is 2.58. The van der Waals surface area contributed by atoms with E-state index in [4.69, 9.17) is 9.72 Å². The van der Waals surface area contributed by atoms with Gasteiger partial charge in [-0.05, 0) is 43.4 Å². The maximum absolute atomic E-state index is 5.28. The lowest BCUT2D eigenvalue weighted by Gasteiger charge is -2.09. The molecular weight excluding hydrogens is 280 g/mol. The first-order chi connectivity index (χ1) is 10.1. The van der Waals surface area contributed by atoms with Crippen LogP contribution in [0.2, 0.25) is 0 Å². The fourth-order valence-corrected chi connectivity index (χ4v) is 2.58. The van der Waals surface area contributed by atoms with Crippen LogP contribution in [0.15, 0.2) is 41.5 Å². The van der Waals surface area contributed by atoms with Gasteiger partial charge in [0.25, 0.3) is 0 Å². The van der Waals surface area contributed by atoms with Crippen LogP contribution in [0.5, 0.6) is 5.75 Å². The smallest absolute Gasteiger partial charge is 0.122 e. The summed E-state index contributed by atoms with van der Waals surface area (Å²) in [4.78, 5) is 9.30. The molecule has 0 aliphatic rings. The zero-order chi connectivity index (χ0) is 15.4. The molecule has 0 radical (unpaired) electrons. The Hall–Kier alpha value is -1.81. The van der Waals surface area contributed by atoms with E-state index in [1.165, 1.54) is 5.56 Å². The lowest BCUT2D eigenvalue weighted by Crippen LogP contribution is -2.01. The van der Waals surface area contributed by atoms with E-state index in [1.807, 2.05) is 31.4 Å². The molecule has 2 aromatic rings. The molecule has 0 fully saturated rings. The number of pyridine rings is 1. The highest BCUT2D eigenvalue weighted by molar-refractivity contribution is 8.13. The summed E-state index contributed by atoms with van der Waals surface area (Å²) in [6, 6.07) is 8.03. The predicted molar refractivity (Wildman–Crippen MR) is 92.5 cm³/mol. The number of fused-ring (bicyclic) bond motifs is 1. The second kappa shape index (κ2) is 6.76. The van der Waals surface area contributed by atoms with Crippen LogP contribution < -0.4 is 4.74 Å². The summed E-state index contributed by atoms with van der Waals surface area (Å²) in [5.74, 6) is 0.812. The van der Waals surface area contributed by atoms with Gasteiger partial charge < -0.3 is 4.74 Å². The summed E-state index contributed by atoms with van der Waals surface area (Å²) in [5.41, 5.74) is 3.86. The van der Waals surface area contributed by atoms with Crippen molar-refractivity contribution < 1.29 is 4.74 Å². The minimum Gasteiger partial charge on any atom is -0.497 e. The van der Waals surface area contributed by atoms with Crippen molar-refractivity contribution in [1.82, 2.24) is 4.98 Å². The van der Waals surface area contributed by atoms with Crippen molar-refractivity contribution in [3.8, 4) is 5.75 Å².